The molecule has 58 valence electrons. The predicted octanol–water partition coefficient (Wildman–Crippen LogP) is 3.02. The Morgan fingerprint density at radius 1 is 1.36 bits per heavy atom. The first-order valence-electron chi connectivity index (χ1n) is 2.69. The highest BCUT2D eigenvalue weighted by molar-refractivity contribution is 7.54. The van der Waals surface area contributed by atoms with Gasteiger partial charge in [-0.25, -0.2) is 0 Å². The number of hydrogen-bond acceptors (Lipinski definition) is 2. The quantitative estimate of drug-likeness (QED) is 0.697. The van der Waals surface area contributed by atoms with Gasteiger partial charge in [0.15, 0.2) is 0 Å². The van der Waals surface area contributed by atoms with Crippen LogP contribution < -0.4 is 0 Å². The van der Waals surface area contributed by atoms with Crippen LogP contribution in [0.3, 0.4) is 0 Å². The molecule has 0 aromatic heterocycles. The molecule has 0 radical (unpaired) electrons. The van der Waals surface area contributed by atoms with Crippen molar-refractivity contribution in [3.05, 3.63) is 28.2 Å². The Kier molecular flexibility index (Phi) is 3.05. The molecule has 1 aromatic rings. The maximum Gasteiger partial charge on any atom is 0.205 e. The van der Waals surface area contributed by atoms with E-state index in [1.807, 2.05) is 0 Å². The second kappa shape index (κ2) is 3.85. The minimum absolute atomic E-state index is 0.122. The zero-order valence-electron chi connectivity index (χ0n) is 5.25. The van der Waals surface area contributed by atoms with Crippen LogP contribution in [0.5, 0.6) is 0 Å². The Hall–Kier alpha value is -0.380. The summed E-state index contributed by atoms with van der Waals surface area (Å²) in [4.78, 5) is 0. The summed E-state index contributed by atoms with van der Waals surface area (Å²) in [5.41, 5.74) is 0.455. The molecule has 0 amide bonds. The fourth-order valence-corrected chi connectivity index (χ4v) is 1.34. The Morgan fingerprint density at radius 3 is 2.64 bits per heavy atom. The van der Waals surface area contributed by atoms with Crippen molar-refractivity contribution in [2.45, 2.75) is 0 Å². The Bertz CT molecular complexity index is 322. The number of benzene rings is 1. The van der Waals surface area contributed by atoms with Gasteiger partial charge in [0.2, 0.25) is 11.5 Å². The molecule has 1 aromatic carbocycles. The van der Waals surface area contributed by atoms with Crippen molar-refractivity contribution in [1.29, 1.82) is 0 Å². The molecule has 1 rings (SSSR count). The zero-order chi connectivity index (χ0) is 8.27. The fraction of sp³-hybridized carbons (Fsp3) is 0. The summed E-state index contributed by atoms with van der Waals surface area (Å²) >= 11 is 11.4. The van der Waals surface area contributed by atoms with E-state index in [2.05, 4.69) is 4.36 Å². The van der Waals surface area contributed by atoms with Crippen LogP contribution in [-0.2, 0) is 11.5 Å². The summed E-state index contributed by atoms with van der Waals surface area (Å²) in [6.45, 7) is 0. The highest BCUT2D eigenvalue weighted by Crippen LogP contribution is 2.27. The van der Waals surface area contributed by atoms with Crippen molar-refractivity contribution >= 4 is 40.4 Å². The van der Waals surface area contributed by atoms with Crippen LogP contribution in [0.25, 0.3) is 0 Å². The van der Waals surface area contributed by atoms with Crippen LogP contribution in [0.1, 0.15) is 0 Å². The number of nitrogens with zero attached hydrogens (tertiary/aromatic N) is 1. The Balaban J connectivity index is 3.19. The lowest BCUT2D eigenvalue weighted by Gasteiger charge is -1.94. The van der Waals surface area contributed by atoms with E-state index in [1.165, 1.54) is 6.07 Å². The van der Waals surface area contributed by atoms with Crippen LogP contribution in [0.4, 0.5) is 5.69 Å². The second-order valence-electron chi connectivity index (χ2n) is 1.76. The molecule has 0 saturated heterocycles. The molecular weight excluding hydrogens is 205 g/mol. The molecule has 0 atom stereocenters. The first-order chi connectivity index (χ1) is 5.24. The molecular formula is C6H3Cl2NOS. The van der Waals surface area contributed by atoms with Crippen molar-refractivity contribution in [3.8, 4) is 0 Å². The molecule has 0 spiro atoms. The third kappa shape index (κ3) is 2.29. The normalized spacial score (nSPS) is 9.27. The van der Waals surface area contributed by atoms with Gasteiger partial charge >= 0.3 is 0 Å². The van der Waals surface area contributed by atoms with Gasteiger partial charge in [-0.15, -0.1) is 0 Å². The lowest BCUT2D eigenvalue weighted by atomic mass is 10.3. The number of halogens is 2. The van der Waals surface area contributed by atoms with Crippen LogP contribution in [0.15, 0.2) is 22.6 Å². The maximum atomic E-state index is 9.99. The van der Waals surface area contributed by atoms with Crippen LogP contribution >= 0.6 is 23.2 Å². The number of rotatable bonds is 1. The SMILES string of the molecule is O=S=Nc1ccc(Cl)cc1Cl. The summed E-state index contributed by atoms with van der Waals surface area (Å²) < 4.78 is 13.5. The predicted molar refractivity (Wildman–Crippen MR) is 46.7 cm³/mol. The van der Waals surface area contributed by atoms with Gasteiger partial charge in [-0.2, -0.15) is 8.57 Å². The minimum atomic E-state index is 0.122. The summed E-state index contributed by atoms with van der Waals surface area (Å²) in [6.07, 6.45) is 0. The van der Waals surface area contributed by atoms with Crippen molar-refractivity contribution in [2.75, 3.05) is 0 Å². The summed E-state index contributed by atoms with van der Waals surface area (Å²) in [5.74, 6) is 0. The first-order valence-corrected chi connectivity index (χ1v) is 4.14. The van der Waals surface area contributed by atoms with Crippen molar-refractivity contribution < 1.29 is 4.21 Å². The van der Waals surface area contributed by atoms with E-state index in [0.717, 1.165) is 0 Å². The summed E-state index contributed by atoms with van der Waals surface area (Å²) in [5, 5.41) is 0.922. The van der Waals surface area contributed by atoms with Crippen LogP contribution in [0.2, 0.25) is 10.0 Å². The highest BCUT2D eigenvalue weighted by atomic mass is 35.5. The van der Waals surface area contributed by atoms with Crippen LogP contribution in [-0.4, -0.2) is 4.21 Å². The standard InChI is InChI=1S/C6H3Cl2NOS/c7-4-1-2-6(9-11-10)5(8)3-4/h1-3H. The van der Waals surface area contributed by atoms with E-state index in [4.69, 9.17) is 23.2 Å². The average molecular weight is 208 g/mol. The largest absolute Gasteiger partial charge is 0.205 e. The molecule has 11 heavy (non-hydrogen) atoms. The smallest absolute Gasteiger partial charge is 0.191 e. The summed E-state index contributed by atoms with van der Waals surface area (Å²) in [6, 6.07) is 4.76. The third-order valence-electron chi connectivity index (χ3n) is 1.05. The van der Waals surface area contributed by atoms with E-state index in [-0.39, 0.29) is 11.5 Å². The molecule has 0 unspecified atom stereocenters. The maximum absolute atomic E-state index is 9.99. The Morgan fingerprint density at radius 2 is 2.09 bits per heavy atom. The van der Waals surface area contributed by atoms with Gasteiger partial charge in [-0.1, -0.05) is 23.2 Å². The van der Waals surface area contributed by atoms with Crippen LogP contribution in [0, 0.1) is 0 Å². The van der Waals surface area contributed by atoms with Crippen molar-refractivity contribution in [1.82, 2.24) is 0 Å². The molecule has 5 heteroatoms. The van der Waals surface area contributed by atoms with Gasteiger partial charge in [0, 0.05) is 5.02 Å². The molecule has 0 saturated carbocycles. The van der Waals surface area contributed by atoms with E-state index in [0.29, 0.717) is 15.7 Å². The molecule has 0 bridgehead atoms. The summed E-state index contributed by atoms with van der Waals surface area (Å²) in [7, 11) is 0. The van der Waals surface area contributed by atoms with E-state index >= 15 is 0 Å². The molecule has 0 fully saturated rings. The van der Waals surface area contributed by atoms with Gasteiger partial charge in [-0.05, 0) is 18.2 Å². The average Bonchev–Trinajstić information content (AvgIpc) is 1.95. The third-order valence-corrected chi connectivity index (χ3v) is 1.85. The first kappa shape index (κ1) is 8.71. The van der Waals surface area contributed by atoms with E-state index in [9.17, 15) is 4.21 Å². The van der Waals surface area contributed by atoms with Crippen molar-refractivity contribution in [3.63, 3.8) is 0 Å². The molecule has 0 heterocycles. The second-order valence-corrected chi connectivity index (χ2v) is 2.94. The zero-order valence-corrected chi connectivity index (χ0v) is 7.58. The van der Waals surface area contributed by atoms with Gasteiger partial charge < -0.3 is 0 Å². The lowest BCUT2D eigenvalue weighted by Crippen LogP contribution is -1.67. The van der Waals surface area contributed by atoms with Gasteiger partial charge in [0.1, 0.15) is 0 Å². The molecule has 0 aliphatic heterocycles. The molecule has 0 N–H and O–H groups in total. The van der Waals surface area contributed by atoms with Gasteiger partial charge in [0.25, 0.3) is 0 Å². The lowest BCUT2D eigenvalue weighted by molar-refractivity contribution is 0.698. The number of hydrogen-bond donors (Lipinski definition) is 0. The molecule has 0 aliphatic rings. The highest BCUT2D eigenvalue weighted by Gasteiger charge is 1.97. The Labute approximate surface area is 77.4 Å². The minimum Gasteiger partial charge on any atom is -0.191 e. The molecule has 2 nitrogen and oxygen atoms in total. The fourth-order valence-electron chi connectivity index (χ4n) is 0.595. The van der Waals surface area contributed by atoms with E-state index < -0.39 is 0 Å². The van der Waals surface area contributed by atoms with Crippen molar-refractivity contribution in [2.24, 2.45) is 4.36 Å². The van der Waals surface area contributed by atoms with Gasteiger partial charge in [0.05, 0.1) is 10.7 Å². The van der Waals surface area contributed by atoms with E-state index in [1.54, 1.807) is 12.1 Å². The van der Waals surface area contributed by atoms with Gasteiger partial charge in [-0.3, -0.25) is 0 Å². The monoisotopic (exact) mass is 207 g/mol. The molecule has 0 aliphatic carbocycles. The topological polar surface area (TPSA) is 29.4 Å².